The summed E-state index contributed by atoms with van der Waals surface area (Å²) in [6.45, 7) is 3.79. The molecule has 0 N–H and O–H groups in total. The van der Waals surface area contributed by atoms with Crippen LogP contribution in [0, 0.1) is 0 Å². The van der Waals surface area contributed by atoms with Crippen LogP contribution in [0.15, 0.2) is 194 Å². The molecule has 13 heteroatoms. The first kappa shape index (κ1) is 53.2. The van der Waals surface area contributed by atoms with E-state index in [-0.39, 0.29) is 52.9 Å². The molecule has 2 aliphatic rings. The van der Waals surface area contributed by atoms with Crippen molar-refractivity contribution in [1.29, 1.82) is 0 Å². The zero-order valence-corrected chi connectivity index (χ0v) is 42.2. The maximum Gasteiger partial charge on any atom is 0.338 e. The third-order valence-corrected chi connectivity index (χ3v) is 13.0. The van der Waals surface area contributed by atoms with E-state index in [4.69, 9.17) is 52.1 Å². The highest BCUT2D eigenvalue weighted by molar-refractivity contribution is 5.83. The van der Waals surface area contributed by atoms with Gasteiger partial charge < -0.3 is 52.1 Å². The molecule has 0 aliphatic carbocycles. The molecule has 75 heavy (non-hydrogen) atoms. The van der Waals surface area contributed by atoms with E-state index in [9.17, 15) is 9.59 Å². The molecular formula is C62H64O13. The Morgan fingerprint density at radius 1 is 0.400 bits per heavy atom. The quantitative estimate of drug-likeness (QED) is 0.0532. The van der Waals surface area contributed by atoms with Gasteiger partial charge in [-0.3, -0.25) is 4.79 Å². The second-order valence-electron chi connectivity index (χ2n) is 18.4. The molecule has 0 unspecified atom stereocenters. The molecule has 2 heterocycles. The lowest BCUT2D eigenvalue weighted by Gasteiger charge is -2.49. The molecule has 390 valence electrons. The maximum atomic E-state index is 14.8. The number of fused-ring (bicyclic) bond motifs is 1. The molecule has 0 radical (unpaired) electrons. The lowest BCUT2D eigenvalue weighted by atomic mass is 9.95. The molecule has 2 fully saturated rings. The van der Waals surface area contributed by atoms with Crippen molar-refractivity contribution in [1.82, 2.24) is 0 Å². The summed E-state index contributed by atoms with van der Waals surface area (Å²) in [5.41, 5.74) is 5.18. The van der Waals surface area contributed by atoms with Crippen LogP contribution in [0.25, 0.3) is 10.8 Å². The number of esters is 2. The Morgan fingerprint density at radius 3 is 1.36 bits per heavy atom. The van der Waals surface area contributed by atoms with Crippen LogP contribution < -0.4 is 0 Å². The molecule has 0 saturated carbocycles. The van der Waals surface area contributed by atoms with E-state index in [0.29, 0.717) is 0 Å². The predicted octanol–water partition coefficient (Wildman–Crippen LogP) is 10.2. The Labute approximate surface area is 438 Å². The Kier molecular flexibility index (Phi) is 19.3. The summed E-state index contributed by atoms with van der Waals surface area (Å²) >= 11 is 0. The molecular weight excluding hydrogens is 953 g/mol. The van der Waals surface area contributed by atoms with Crippen molar-refractivity contribution in [3.05, 3.63) is 228 Å². The molecule has 9 rings (SSSR count). The molecule has 0 amide bonds. The van der Waals surface area contributed by atoms with Crippen molar-refractivity contribution in [3.63, 3.8) is 0 Å². The lowest BCUT2D eigenvalue weighted by Crippen LogP contribution is -2.67. The number of ether oxygens (including phenoxy) is 11. The summed E-state index contributed by atoms with van der Waals surface area (Å²) in [5, 5.41) is 2.12. The van der Waals surface area contributed by atoms with Gasteiger partial charge in [-0.1, -0.05) is 188 Å². The van der Waals surface area contributed by atoms with Gasteiger partial charge in [0.15, 0.2) is 18.7 Å². The fourth-order valence-corrected chi connectivity index (χ4v) is 9.26. The van der Waals surface area contributed by atoms with Gasteiger partial charge in [-0.2, -0.15) is 0 Å². The Hall–Kier alpha value is -6.62. The predicted molar refractivity (Wildman–Crippen MR) is 279 cm³/mol. The van der Waals surface area contributed by atoms with E-state index in [1.165, 1.54) is 6.92 Å². The normalized spacial score (nSPS) is 23.6. The minimum Gasteiger partial charge on any atom is -0.463 e. The van der Waals surface area contributed by atoms with Crippen LogP contribution in [0.2, 0.25) is 0 Å². The molecule has 0 spiro atoms. The molecule has 2 aliphatic heterocycles. The minimum absolute atomic E-state index is 0.0301. The standard InChI is InChI=1S/C62H64O13/c1-3-65-61-59(54(70-41-49-33-34-50-31-19-20-32-51(50)35-49)53(52(73-61)42-66-43(2)63)67-36-44-21-9-4-10-22-44)75-62-58(71-39-47-27-15-7-16-28-47)56(69-38-46-25-13-6-14-26-46)55(68-37-45-23-11-5-12-24-45)57(74-62)60(64)72-40-48-29-17-8-18-30-48/h4-35,52-59,61-62H,3,36-42H2,1-2H3/t52-,53-,54+,55+,56+,57+,58-,59+,61+,62+/m1/s1. The van der Waals surface area contributed by atoms with E-state index >= 15 is 0 Å². The van der Waals surface area contributed by atoms with Gasteiger partial charge in [-0.25, -0.2) is 4.79 Å². The van der Waals surface area contributed by atoms with Gasteiger partial charge in [0.1, 0.15) is 55.9 Å². The summed E-state index contributed by atoms with van der Waals surface area (Å²) in [6, 6.07) is 62.5. The molecule has 0 aromatic heterocycles. The second kappa shape index (κ2) is 27.3. The average Bonchev–Trinajstić information content (AvgIpc) is 3.45. The average molecular weight is 1020 g/mol. The monoisotopic (exact) mass is 1020 g/mol. The third-order valence-electron chi connectivity index (χ3n) is 13.0. The first-order valence-electron chi connectivity index (χ1n) is 25.5. The van der Waals surface area contributed by atoms with Crippen molar-refractivity contribution >= 4 is 22.7 Å². The zero-order chi connectivity index (χ0) is 51.6. The van der Waals surface area contributed by atoms with Gasteiger partial charge in [-0.15, -0.1) is 0 Å². The van der Waals surface area contributed by atoms with E-state index in [1.54, 1.807) is 0 Å². The largest absolute Gasteiger partial charge is 0.463 e. The first-order chi connectivity index (χ1) is 36.9. The number of benzene rings is 7. The molecule has 10 atom stereocenters. The Morgan fingerprint density at radius 2 is 0.840 bits per heavy atom. The van der Waals surface area contributed by atoms with Crippen LogP contribution in [0.3, 0.4) is 0 Å². The number of carbonyl (C=O) groups excluding carboxylic acids is 2. The number of rotatable bonds is 24. The summed E-state index contributed by atoms with van der Waals surface area (Å²) in [6.07, 6.45) is -11.0. The summed E-state index contributed by atoms with van der Waals surface area (Å²) in [7, 11) is 0. The SMILES string of the molecule is CCO[C@H]1O[C@H](COC(C)=O)[C@@H](OCc2ccccc2)[C@H](OCc2ccc3ccccc3c2)[C@@H]1O[C@@H]1O[C@H](C(=O)OCc2ccccc2)[C@@H](OCc2ccccc2)[C@H](OCc2ccccc2)[C@H]1OCc1ccccc1. The maximum absolute atomic E-state index is 14.8. The smallest absolute Gasteiger partial charge is 0.338 e. The Bertz CT molecular complexity index is 2800. The number of carbonyl (C=O) groups is 2. The van der Waals surface area contributed by atoms with E-state index < -0.39 is 73.4 Å². The first-order valence-corrected chi connectivity index (χ1v) is 25.5. The summed E-state index contributed by atoms with van der Waals surface area (Å²) < 4.78 is 73.8. The highest BCUT2D eigenvalue weighted by Gasteiger charge is 2.56. The van der Waals surface area contributed by atoms with Gasteiger partial charge in [-0.05, 0) is 57.1 Å². The summed E-state index contributed by atoms with van der Waals surface area (Å²) in [4.78, 5) is 27.3. The van der Waals surface area contributed by atoms with Crippen molar-refractivity contribution in [2.75, 3.05) is 13.2 Å². The van der Waals surface area contributed by atoms with Crippen molar-refractivity contribution in [2.45, 2.75) is 115 Å². The minimum atomic E-state index is -1.41. The fraction of sp³-hybridized carbons (Fsp3) is 0.323. The molecule has 13 nitrogen and oxygen atoms in total. The Balaban J connectivity index is 1.13. The van der Waals surface area contributed by atoms with Crippen LogP contribution in [-0.2, 0) is 101 Å². The van der Waals surface area contributed by atoms with E-state index in [1.807, 2.05) is 177 Å². The van der Waals surface area contributed by atoms with Crippen molar-refractivity contribution in [3.8, 4) is 0 Å². The summed E-state index contributed by atoms with van der Waals surface area (Å²) in [5.74, 6) is -1.19. The highest BCUT2D eigenvalue weighted by atomic mass is 16.8. The van der Waals surface area contributed by atoms with E-state index in [0.717, 1.165) is 44.2 Å². The van der Waals surface area contributed by atoms with Gasteiger partial charge in [0.05, 0.1) is 33.0 Å². The molecule has 2 saturated heterocycles. The molecule has 7 aromatic rings. The number of hydrogen-bond donors (Lipinski definition) is 0. The highest BCUT2D eigenvalue weighted by Crippen LogP contribution is 2.37. The fourth-order valence-electron chi connectivity index (χ4n) is 9.26. The molecule has 0 bridgehead atoms. The van der Waals surface area contributed by atoms with Crippen LogP contribution >= 0.6 is 0 Å². The van der Waals surface area contributed by atoms with Gasteiger partial charge >= 0.3 is 11.9 Å². The van der Waals surface area contributed by atoms with Crippen LogP contribution in [-0.4, -0.2) is 86.6 Å². The van der Waals surface area contributed by atoms with Gasteiger partial charge in [0.25, 0.3) is 0 Å². The topological polar surface area (TPSA) is 136 Å². The lowest BCUT2D eigenvalue weighted by molar-refractivity contribution is -0.379. The number of hydrogen-bond acceptors (Lipinski definition) is 13. The van der Waals surface area contributed by atoms with Crippen LogP contribution in [0.4, 0.5) is 0 Å². The third kappa shape index (κ3) is 14.8. The van der Waals surface area contributed by atoms with Crippen molar-refractivity contribution in [2.24, 2.45) is 0 Å². The van der Waals surface area contributed by atoms with E-state index in [2.05, 4.69) is 24.3 Å². The zero-order valence-electron chi connectivity index (χ0n) is 42.2. The molecule has 7 aromatic carbocycles. The van der Waals surface area contributed by atoms with Crippen molar-refractivity contribution < 1.29 is 61.7 Å². The van der Waals surface area contributed by atoms with Crippen LogP contribution in [0.5, 0.6) is 0 Å². The van der Waals surface area contributed by atoms with Crippen LogP contribution in [0.1, 0.15) is 47.2 Å². The van der Waals surface area contributed by atoms with Gasteiger partial charge in [0.2, 0.25) is 0 Å². The van der Waals surface area contributed by atoms with Gasteiger partial charge in [0, 0.05) is 13.5 Å². The second-order valence-corrected chi connectivity index (χ2v) is 18.4.